The summed E-state index contributed by atoms with van der Waals surface area (Å²) in [6, 6.07) is 8.36. The molecule has 0 bridgehead atoms. The van der Waals surface area contributed by atoms with Crippen LogP contribution in [0.5, 0.6) is 0 Å². The highest BCUT2D eigenvalue weighted by molar-refractivity contribution is 5.79. The van der Waals surface area contributed by atoms with Gasteiger partial charge in [0.25, 0.3) is 0 Å². The number of rotatable bonds is 6. The minimum atomic E-state index is -1.03. The summed E-state index contributed by atoms with van der Waals surface area (Å²) in [7, 11) is 0. The van der Waals surface area contributed by atoms with Crippen molar-refractivity contribution in [2.24, 2.45) is 5.92 Å². The molecule has 22 heavy (non-hydrogen) atoms. The van der Waals surface area contributed by atoms with Crippen molar-refractivity contribution in [1.29, 1.82) is 0 Å². The maximum Gasteiger partial charge on any atom is 0.408 e. The van der Waals surface area contributed by atoms with Gasteiger partial charge in [0, 0.05) is 0 Å². The Hall–Kier alpha value is -2.08. The van der Waals surface area contributed by atoms with Crippen molar-refractivity contribution >= 4 is 12.1 Å². The van der Waals surface area contributed by atoms with E-state index in [1.807, 2.05) is 30.3 Å². The van der Waals surface area contributed by atoms with Crippen molar-refractivity contribution in [1.82, 2.24) is 10.6 Å². The van der Waals surface area contributed by atoms with Crippen LogP contribution in [0.25, 0.3) is 0 Å². The van der Waals surface area contributed by atoms with Crippen LogP contribution < -0.4 is 10.6 Å². The second kappa shape index (κ2) is 8.38. The molecule has 1 aromatic rings. The molecule has 1 aromatic carbocycles. The molecule has 3 N–H and O–H groups in total. The van der Waals surface area contributed by atoms with Gasteiger partial charge >= 0.3 is 12.1 Å². The van der Waals surface area contributed by atoms with Crippen LogP contribution in [-0.2, 0) is 16.1 Å². The highest BCUT2D eigenvalue weighted by atomic mass is 16.5. The third-order valence-electron chi connectivity index (χ3n) is 3.77. The van der Waals surface area contributed by atoms with Crippen molar-refractivity contribution < 1.29 is 19.4 Å². The Kier molecular flexibility index (Phi) is 6.21. The average molecular weight is 306 g/mol. The number of carbonyl (C=O) groups is 2. The largest absolute Gasteiger partial charge is 0.480 e. The summed E-state index contributed by atoms with van der Waals surface area (Å²) < 4.78 is 5.07. The zero-order valence-electron chi connectivity index (χ0n) is 12.5. The molecule has 1 aliphatic heterocycles. The fraction of sp³-hybridized carbons (Fsp3) is 0.500. The molecule has 2 rings (SSSR count). The van der Waals surface area contributed by atoms with E-state index in [4.69, 9.17) is 4.74 Å². The average Bonchev–Trinajstić information content (AvgIpc) is 2.54. The lowest BCUT2D eigenvalue weighted by Gasteiger charge is -2.25. The van der Waals surface area contributed by atoms with Gasteiger partial charge in [0.15, 0.2) is 0 Å². The molecule has 0 spiro atoms. The Morgan fingerprint density at radius 3 is 2.77 bits per heavy atom. The maximum atomic E-state index is 11.8. The molecule has 1 saturated heterocycles. The van der Waals surface area contributed by atoms with Crippen molar-refractivity contribution in [3.63, 3.8) is 0 Å². The molecule has 6 nitrogen and oxygen atoms in total. The number of carboxylic acids is 1. The van der Waals surface area contributed by atoms with Gasteiger partial charge in [0.2, 0.25) is 0 Å². The van der Waals surface area contributed by atoms with Gasteiger partial charge in [-0.15, -0.1) is 0 Å². The van der Waals surface area contributed by atoms with Crippen LogP contribution in [0, 0.1) is 5.92 Å². The first-order valence-electron chi connectivity index (χ1n) is 7.56. The van der Waals surface area contributed by atoms with Crippen LogP contribution in [-0.4, -0.2) is 36.3 Å². The predicted molar refractivity (Wildman–Crippen MR) is 81.4 cm³/mol. The van der Waals surface area contributed by atoms with E-state index < -0.39 is 18.1 Å². The normalized spacial score (nSPS) is 19.2. The van der Waals surface area contributed by atoms with Gasteiger partial charge in [-0.1, -0.05) is 30.3 Å². The molecular weight excluding hydrogens is 284 g/mol. The summed E-state index contributed by atoms with van der Waals surface area (Å²) in [5, 5.41) is 14.9. The van der Waals surface area contributed by atoms with E-state index in [-0.39, 0.29) is 12.5 Å². The van der Waals surface area contributed by atoms with Gasteiger partial charge in [-0.3, -0.25) is 0 Å². The Morgan fingerprint density at radius 2 is 2.14 bits per heavy atom. The lowest BCUT2D eigenvalue weighted by Crippen LogP contribution is -2.44. The van der Waals surface area contributed by atoms with Crippen molar-refractivity contribution in [3.8, 4) is 0 Å². The fourth-order valence-electron chi connectivity index (χ4n) is 2.59. The van der Waals surface area contributed by atoms with E-state index in [1.165, 1.54) is 0 Å². The molecule has 1 aliphatic rings. The minimum absolute atomic E-state index is 0.129. The number of carboxylic acid groups (broad SMARTS) is 1. The first-order valence-corrected chi connectivity index (χ1v) is 7.56. The summed E-state index contributed by atoms with van der Waals surface area (Å²) in [5.41, 5.74) is 0.862. The maximum absolute atomic E-state index is 11.8. The van der Waals surface area contributed by atoms with Crippen LogP contribution in [0.1, 0.15) is 24.8 Å². The number of carbonyl (C=O) groups excluding carboxylic acids is 1. The SMILES string of the molecule is O=C(NC(C[C@@H]1CCCNC1)C(=O)O)OCc1ccccc1. The summed E-state index contributed by atoms with van der Waals surface area (Å²) in [6.07, 6.45) is 1.75. The highest BCUT2D eigenvalue weighted by Crippen LogP contribution is 2.16. The predicted octanol–water partition coefficient (Wildman–Crippen LogP) is 1.76. The smallest absolute Gasteiger partial charge is 0.408 e. The molecule has 1 fully saturated rings. The molecule has 120 valence electrons. The van der Waals surface area contributed by atoms with Gasteiger partial charge < -0.3 is 20.5 Å². The number of nitrogens with one attached hydrogen (secondary N) is 2. The fourth-order valence-corrected chi connectivity index (χ4v) is 2.59. The molecule has 6 heteroatoms. The zero-order chi connectivity index (χ0) is 15.8. The zero-order valence-corrected chi connectivity index (χ0v) is 12.5. The third-order valence-corrected chi connectivity index (χ3v) is 3.77. The first-order chi connectivity index (χ1) is 10.6. The molecule has 1 amide bonds. The van der Waals surface area contributed by atoms with E-state index in [0.29, 0.717) is 6.42 Å². The topological polar surface area (TPSA) is 87.7 Å². The molecule has 0 saturated carbocycles. The van der Waals surface area contributed by atoms with E-state index in [1.54, 1.807) is 0 Å². The monoisotopic (exact) mass is 306 g/mol. The van der Waals surface area contributed by atoms with E-state index in [0.717, 1.165) is 31.5 Å². The molecule has 2 atom stereocenters. The van der Waals surface area contributed by atoms with Crippen LogP contribution in [0.15, 0.2) is 30.3 Å². The lowest BCUT2D eigenvalue weighted by molar-refractivity contribution is -0.139. The Morgan fingerprint density at radius 1 is 1.36 bits per heavy atom. The lowest BCUT2D eigenvalue weighted by atomic mass is 9.92. The molecule has 0 aliphatic carbocycles. The quantitative estimate of drug-likeness (QED) is 0.745. The van der Waals surface area contributed by atoms with Crippen molar-refractivity contribution in [2.45, 2.75) is 31.9 Å². The van der Waals surface area contributed by atoms with Crippen LogP contribution in [0.4, 0.5) is 4.79 Å². The molecular formula is C16H22N2O4. The number of hydrogen-bond donors (Lipinski definition) is 3. The number of benzene rings is 1. The van der Waals surface area contributed by atoms with E-state index >= 15 is 0 Å². The minimum Gasteiger partial charge on any atom is -0.480 e. The van der Waals surface area contributed by atoms with Crippen molar-refractivity contribution in [2.75, 3.05) is 13.1 Å². The summed E-state index contributed by atoms with van der Waals surface area (Å²) >= 11 is 0. The molecule has 0 aromatic heterocycles. The second-order valence-corrected chi connectivity index (χ2v) is 5.54. The second-order valence-electron chi connectivity index (χ2n) is 5.54. The number of amides is 1. The van der Waals surface area contributed by atoms with Gasteiger partial charge in [-0.05, 0) is 43.8 Å². The number of piperidine rings is 1. The Bertz CT molecular complexity index is 486. The van der Waals surface area contributed by atoms with E-state index in [9.17, 15) is 14.7 Å². The van der Waals surface area contributed by atoms with Crippen molar-refractivity contribution in [3.05, 3.63) is 35.9 Å². The van der Waals surface area contributed by atoms with Crippen LogP contribution >= 0.6 is 0 Å². The number of aliphatic carboxylic acids is 1. The van der Waals surface area contributed by atoms with E-state index in [2.05, 4.69) is 10.6 Å². The highest BCUT2D eigenvalue weighted by Gasteiger charge is 2.25. The number of hydrogen-bond acceptors (Lipinski definition) is 4. The Balaban J connectivity index is 1.79. The van der Waals surface area contributed by atoms with Gasteiger partial charge in [0.05, 0.1) is 0 Å². The molecule has 1 heterocycles. The first kappa shape index (κ1) is 16.3. The number of alkyl carbamates (subject to hydrolysis) is 1. The standard InChI is InChI=1S/C16H22N2O4/c19-15(20)14(9-13-7-4-8-17-10-13)18-16(21)22-11-12-5-2-1-3-6-12/h1-3,5-6,13-14,17H,4,7-11H2,(H,18,21)(H,19,20)/t13-,14?/m0/s1. The van der Waals surface area contributed by atoms with Gasteiger partial charge in [-0.25, -0.2) is 9.59 Å². The number of ether oxygens (including phenoxy) is 1. The molecule has 0 radical (unpaired) electrons. The summed E-state index contributed by atoms with van der Waals surface area (Å²) in [5.74, 6) is -0.758. The summed E-state index contributed by atoms with van der Waals surface area (Å²) in [4.78, 5) is 23.1. The van der Waals surface area contributed by atoms with Crippen LogP contribution in [0.2, 0.25) is 0 Å². The van der Waals surface area contributed by atoms with Crippen LogP contribution in [0.3, 0.4) is 0 Å². The molecule has 1 unspecified atom stereocenters. The Labute approximate surface area is 129 Å². The third kappa shape index (κ3) is 5.37. The summed E-state index contributed by atoms with van der Waals surface area (Å²) in [6.45, 7) is 1.90. The van der Waals surface area contributed by atoms with Gasteiger partial charge in [-0.2, -0.15) is 0 Å². The van der Waals surface area contributed by atoms with Gasteiger partial charge in [0.1, 0.15) is 12.6 Å².